The van der Waals surface area contributed by atoms with Gasteiger partial charge >= 0.3 is 11.9 Å². The maximum Gasteiger partial charge on any atom is 0.302 e. The number of hydrogen-bond acceptors (Lipinski definition) is 6. The Kier molecular flexibility index (Phi) is 8.49. The van der Waals surface area contributed by atoms with Crippen LogP contribution in [-0.4, -0.2) is 38.4 Å². The molecule has 0 radical (unpaired) electrons. The molecule has 122 valence electrons. The van der Waals surface area contributed by atoms with Crippen molar-refractivity contribution in [2.24, 2.45) is 0 Å². The molecule has 0 saturated heterocycles. The summed E-state index contributed by atoms with van der Waals surface area (Å²) in [6, 6.07) is 7.25. The van der Waals surface area contributed by atoms with Gasteiger partial charge in [0, 0.05) is 26.7 Å². The quantitative estimate of drug-likeness (QED) is 0.488. The summed E-state index contributed by atoms with van der Waals surface area (Å²) in [6.45, 7) is 4.45. The minimum Gasteiger partial charge on any atom is -0.493 e. The molecule has 1 aromatic carbocycles. The van der Waals surface area contributed by atoms with Gasteiger partial charge in [-0.25, -0.2) is 0 Å². The minimum atomic E-state index is -0.282. The predicted octanol–water partition coefficient (Wildman–Crippen LogP) is 2.35. The Bertz CT molecular complexity index is 411. The van der Waals surface area contributed by atoms with Crippen molar-refractivity contribution in [3.05, 3.63) is 24.3 Å². The molecule has 0 aromatic heterocycles. The molecule has 0 amide bonds. The molecule has 0 unspecified atom stereocenters. The molecule has 0 atom stereocenters. The van der Waals surface area contributed by atoms with E-state index >= 15 is 0 Å². The van der Waals surface area contributed by atoms with Crippen LogP contribution in [0.5, 0.6) is 11.5 Å². The van der Waals surface area contributed by atoms with Crippen LogP contribution >= 0.6 is 0 Å². The van der Waals surface area contributed by atoms with Crippen LogP contribution < -0.4 is 9.47 Å². The van der Waals surface area contributed by atoms with E-state index in [0.717, 1.165) is 11.5 Å². The Labute approximate surface area is 130 Å². The molecule has 1 rings (SSSR count). The fraction of sp³-hybridized carbons (Fsp3) is 0.500. The fourth-order valence-electron chi connectivity index (χ4n) is 1.56. The molecule has 1 aromatic rings. The summed E-state index contributed by atoms with van der Waals surface area (Å²) in [4.78, 5) is 21.1. The van der Waals surface area contributed by atoms with Crippen molar-refractivity contribution in [3.8, 4) is 11.5 Å². The summed E-state index contributed by atoms with van der Waals surface area (Å²) < 4.78 is 20.6. The first-order valence-corrected chi connectivity index (χ1v) is 7.20. The third-order valence-electron chi connectivity index (χ3n) is 2.55. The van der Waals surface area contributed by atoms with Gasteiger partial charge in [-0.1, -0.05) is 0 Å². The molecule has 0 aliphatic rings. The molecular formula is C16H22O6. The lowest BCUT2D eigenvalue weighted by Crippen LogP contribution is -2.06. The van der Waals surface area contributed by atoms with E-state index in [0.29, 0.717) is 39.3 Å². The first kappa shape index (κ1) is 17.8. The van der Waals surface area contributed by atoms with Crippen LogP contribution in [0.2, 0.25) is 0 Å². The van der Waals surface area contributed by atoms with E-state index in [9.17, 15) is 9.59 Å². The number of ether oxygens (including phenoxy) is 4. The van der Waals surface area contributed by atoms with Crippen LogP contribution in [-0.2, 0) is 19.1 Å². The average molecular weight is 310 g/mol. The van der Waals surface area contributed by atoms with Gasteiger partial charge < -0.3 is 18.9 Å². The molecule has 0 bridgehead atoms. The summed E-state index contributed by atoms with van der Waals surface area (Å²) >= 11 is 0. The van der Waals surface area contributed by atoms with Crippen molar-refractivity contribution < 1.29 is 28.5 Å². The molecule has 0 saturated carbocycles. The largest absolute Gasteiger partial charge is 0.493 e. The van der Waals surface area contributed by atoms with E-state index in [4.69, 9.17) is 18.9 Å². The summed E-state index contributed by atoms with van der Waals surface area (Å²) in [5.41, 5.74) is 0. The Morgan fingerprint density at radius 1 is 0.727 bits per heavy atom. The zero-order valence-electron chi connectivity index (χ0n) is 13.0. The molecular weight excluding hydrogens is 288 g/mol. The topological polar surface area (TPSA) is 71.1 Å². The van der Waals surface area contributed by atoms with Gasteiger partial charge in [-0.2, -0.15) is 0 Å². The van der Waals surface area contributed by atoms with Crippen molar-refractivity contribution in [2.75, 3.05) is 26.4 Å². The predicted molar refractivity (Wildman–Crippen MR) is 79.9 cm³/mol. The Balaban J connectivity index is 2.14. The SMILES string of the molecule is CC(=O)OCCCOc1ccc(OCCCOC(C)=O)cc1. The second-order valence-electron chi connectivity index (χ2n) is 4.56. The molecule has 0 spiro atoms. The Morgan fingerprint density at radius 2 is 1.09 bits per heavy atom. The summed E-state index contributed by atoms with van der Waals surface area (Å²) in [7, 11) is 0. The van der Waals surface area contributed by atoms with Gasteiger partial charge in [0.2, 0.25) is 0 Å². The van der Waals surface area contributed by atoms with Crippen molar-refractivity contribution in [1.29, 1.82) is 0 Å². The summed E-state index contributed by atoms with van der Waals surface area (Å²) in [6.07, 6.45) is 1.29. The highest BCUT2D eigenvalue weighted by atomic mass is 16.5. The average Bonchev–Trinajstić information content (AvgIpc) is 2.47. The number of carbonyl (C=O) groups excluding carboxylic acids is 2. The molecule has 0 aliphatic heterocycles. The van der Waals surface area contributed by atoms with E-state index in [2.05, 4.69) is 0 Å². The van der Waals surface area contributed by atoms with E-state index in [1.54, 1.807) is 0 Å². The Hall–Kier alpha value is -2.24. The standard InChI is InChI=1S/C16H22O6/c1-13(17)19-9-3-11-21-15-5-7-16(8-6-15)22-12-4-10-20-14(2)18/h5-8H,3-4,9-12H2,1-2H3. The lowest BCUT2D eigenvalue weighted by atomic mass is 10.3. The fourth-order valence-corrected chi connectivity index (χ4v) is 1.56. The van der Waals surface area contributed by atoms with Crippen molar-refractivity contribution in [1.82, 2.24) is 0 Å². The van der Waals surface area contributed by atoms with Gasteiger partial charge in [0.15, 0.2) is 0 Å². The van der Waals surface area contributed by atoms with Gasteiger partial charge in [0.05, 0.1) is 26.4 Å². The molecule has 22 heavy (non-hydrogen) atoms. The van der Waals surface area contributed by atoms with Gasteiger partial charge in [-0.15, -0.1) is 0 Å². The van der Waals surface area contributed by atoms with Crippen molar-refractivity contribution in [3.63, 3.8) is 0 Å². The molecule has 0 N–H and O–H groups in total. The molecule has 0 heterocycles. The van der Waals surface area contributed by atoms with E-state index in [-0.39, 0.29) is 11.9 Å². The van der Waals surface area contributed by atoms with Crippen LogP contribution in [0, 0.1) is 0 Å². The lowest BCUT2D eigenvalue weighted by molar-refractivity contribution is -0.142. The molecule has 6 heteroatoms. The molecule has 6 nitrogen and oxygen atoms in total. The monoisotopic (exact) mass is 310 g/mol. The van der Waals surface area contributed by atoms with Crippen molar-refractivity contribution in [2.45, 2.75) is 26.7 Å². The summed E-state index contributed by atoms with van der Waals surface area (Å²) in [5, 5.41) is 0. The zero-order chi connectivity index (χ0) is 16.2. The van der Waals surface area contributed by atoms with Gasteiger partial charge in [0.25, 0.3) is 0 Å². The highest BCUT2D eigenvalue weighted by Crippen LogP contribution is 2.17. The number of rotatable bonds is 10. The highest BCUT2D eigenvalue weighted by Gasteiger charge is 1.99. The third-order valence-corrected chi connectivity index (χ3v) is 2.55. The van der Waals surface area contributed by atoms with E-state index in [1.807, 2.05) is 24.3 Å². The van der Waals surface area contributed by atoms with Gasteiger partial charge in [0.1, 0.15) is 11.5 Å². The normalized spacial score (nSPS) is 9.91. The van der Waals surface area contributed by atoms with Crippen LogP contribution in [0.25, 0.3) is 0 Å². The van der Waals surface area contributed by atoms with Crippen LogP contribution in [0.15, 0.2) is 24.3 Å². The number of hydrogen-bond donors (Lipinski definition) is 0. The maximum absolute atomic E-state index is 10.6. The minimum absolute atomic E-state index is 0.282. The number of esters is 2. The Morgan fingerprint density at radius 3 is 1.41 bits per heavy atom. The smallest absolute Gasteiger partial charge is 0.302 e. The number of benzene rings is 1. The second-order valence-corrected chi connectivity index (χ2v) is 4.56. The third kappa shape index (κ3) is 8.84. The highest BCUT2D eigenvalue weighted by molar-refractivity contribution is 5.66. The number of carbonyl (C=O) groups is 2. The van der Waals surface area contributed by atoms with E-state index < -0.39 is 0 Å². The van der Waals surface area contributed by atoms with Crippen molar-refractivity contribution >= 4 is 11.9 Å². The lowest BCUT2D eigenvalue weighted by Gasteiger charge is -2.09. The first-order chi connectivity index (χ1) is 10.6. The molecule has 0 fully saturated rings. The zero-order valence-corrected chi connectivity index (χ0v) is 13.0. The van der Waals surface area contributed by atoms with Crippen LogP contribution in [0.4, 0.5) is 0 Å². The summed E-state index contributed by atoms with van der Waals surface area (Å²) in [5.74, 6) is 0.899. The van der Waals surface area contributed by atoms with Crippen LogP contribution in [0.1, 0.15) is 26.7 Å². The van der Waals surface area contributed by atoms with E-state index in [1.165, 1.54) is 13.8 Å². The second kappa shape index (κ2) is 10.5. The first-order valence-electron chi connectivity index (χ1n) is 7.20. The van der Waals surface area contributed by atoms with Crippen LogP contribution in [0.3, 0.4) is 0 Å². The van der Waals surface area contributed by atoms with Gasteiger partial charge in [-0.3, -0.25) is 9.59 Å². The van der Waals surface area contributed by atoms with Gasteiger partial charge in [-0.05, 0) is 24.3 Å². The molecule has 0 aliphatic carbocycles. The maximum atomic E-state index is 10.6.